The minimum Gasteiger partial charge on any atom is -0.379 e. The van der Waals surface area contributed by atoms with E-state index in [0.29, 0.717) is 23.4 Å². The second-order valence-electron chi connectivity index (χ2n) is 7.92. The van der Waals surface area contributed by atoms with Gasteiger partial charge < -0.3 is 4.74 Å². The third-order valence-corrected chi connectivity index (χ3v) is 8.45. The van der Waals surface area contributed by atoms with Crippen LogP contribution in [0.3, 0.4) is 0 Å². The molecule has 1 fully saturated rings. The number of sulfonamides is 1. The Balaban J connectivity index is 1.47. The predicted molar refractivity (Wildman–Crippen MR) is 136 cm³/mol. The summed E-state index contributed by atoms with van der Waals surface area (Å²) in [5.41, 5.74) is 1.54. The fraction of sp³-hybridized carbons (Fsp3) is 0.160. The van der Waals surface area contributed by atoms with Crippen LogP contribution in [0.25, 0.3) is 10.2 Å². The number of amides is 1. The third kappa shape index (κ3) is 5.05. The zero-order chi connectivity index (χ0) is 25.1. The first-order chi connectivity index (χ1) is 17.4. The molecule has 4 aromatic rings. The molecular formula is C25H21FN4O4S2. The first-order valence-corrected chi connectivity index (χ1v) is 13.3. The highest BCUT2D eigenvalue weighted by atomic mass is 32.2. The molecule has 0 atom stereocenters. The molecule has 5 rings (SSSR count). The van der Waals surface area contributed by atoms with Gasteiger partial charge in [0, 0.05) is 18.7 Å². The monoisotopic (exact) mass is 524 g/mol. The summed E-state index contributed by atoms with van der Waals surface area (Å²) in [6, 6.07) is 19.2. The summed E-state index contributed by atoms with van der Waals surface area (Å²) in [6.45, 7) is 1.25. The number of aromatic nitrogens is 1. The summed E-state index contributed by atoms with van der Waals surface area (Å²) in [5, 5.41) is 5.78. The Bertz CT molecular complexity index is 1520. The predicted octanol–water partition coefficient (Wildman–Crippen LogP) is 4.14. The first-order valence-electron chi connectivity index (χ1n) is 11.1. The number of hydrogen-bond acceptors (Lipinski definition) is 7. The van der Waals surface area contributed by atoms with Crippen molar-refractivity contribution in [1.82, 2.24) is 9.29 Å². The van der Waals surface area contributed by atoms with Crippen LogP contribution < -0.4 is 5.01 Å². The van der Waals surface area contributed by atoms with E-state index in [4.69, 9.17) is 4.74 Å². The Labute approximate surface area is 211 Å². The summed E-state index contributed by atoms with van der Waals surface area (Å²) in [6.07, 6.45) is 1.53. The molecule has 1 saturated heterocycles. The highest BCUT2D eigenvalue weighted by Crippen LogP contribution is 2.31. The van der Waals surface area contributed by atoms with Crippen LogP contribution in [-0.4, -0.2) is 56.1 Å². The van der Waals surface area contributed by atoms with Gasteiger partial charge in [-0.3, -0.25) is 4.79 Å². The molecule has 0 aliphatic carbocycles. The summed E-state index contributed by atoms with van der Waals surface area (Å²) in [4.78, 5) is 18.1. The van der Waals surface area contributed by atoms with Gasteiger partial charge in [-0.2, -0.15) is 14.4 Å². The van der Waals surface area contributed by atoms with Crippen LogP contribution >= 0.6 is 11.3 Å². The van der Waals surface area contributed by atoms with Crippen LogP contribution in [0, 0.1) is 5.82 Å². The molecule has 0 bridgehead atoms. The molecule has 11 heteroatoms. The van der Waals surface area contributed by atoms with E-state index in [1.165, 1.54) is 46.9 Å². The van der Waals surface area contributed by atoms with Crippen molar-refractivity contribution in [2.45, 2.75) is 4.90 Å². The summed E-state index contributed by atoms with van der Waals surface area (Å²) in [5.74, 6) is -0.905. The SMILES string of the molecule is O=C(c1ccc(S(=O)(=O)N2CCOCC2)cc1)N(/N=C/c1ccccc1)c1nc2ccc(F)cc2s1. The minimum absolute atomic E-state index is 0.0933. The molecule has 1 aliphatic heterocycles. The largest absolute Gasteiger partial charge is 0.379 e. The third-order valence-electron chi connectivity index (χ3n) is 5.54. The Morgan fingerprint density at radius 3 is 2.50 bits per heavy atom. The fourth-order valence-corrected chi connectivity index (χ4v) is 6.01. The zero-order valence-corrected chi connectivity index (χ0v) is 20.6. The molecule has 184 valence electrons. The van der Waals surface area contributed by atoms with Gasteiger partial charge in [0.05, 0.1) is 34.5 Å². The number of carbonyl (C=O) groups excluding carboxylic acids is 1. The van der Waals surface area contributed by atoms with Crippen molar-refractivity contribution in [2.75, 3.05) is 31.3 Å². The fourth-order valence-electron chi connectivity index (χ4n) is 3.66. The molecule has 0 spiro atoms. The quantitative estimate of drug-likeness (QED) is 0.279. The first kappa shape index (κ1) is 24.2. The van der Waals surface area contributed by atoms with Crippen molar-refractivity contribution in [1.29, 1.82) is 0 Å². The maximum atomic E-state index is 13.7. The van der Waals surface area contributed by atoms with Crippen molar-refractivity contribution in [3.05, 3.63) is 89.7 Å². The standard InChI is InChI=1S/C25H21FN4O4S2/c26-20-8-11-22-23(16-20)35-25(28-22)30(27-17-18-4-2-1-3-5-18)24(31)19-6-9-21(10-7-19)36(32,33)29-12-14-34-15-13-29/h1-11,16-17H,12-15H2/b27-17+. The molecule has 2 heterocycles. The number of carbonyl (C=O) groups is 1. The number of hydrogen-bond donors (Lipinski definition) is 0. The Morgan fingerprint density at radius 2 is 1.78 bits per heavy atom. The van der Waals surface area contributed by atoms with E-state index in [2.05, 4.69) is 10.1 Å². The number of ether oxygens (including phenoxy) is 1. The normalized spacial score (nSPS) is 14.9. The highest BCUT2D eigenvalue weighted by molar-refractivity contribution is 7.89. The van der Waals surface area contributed by atoms with Crippen LogP contribution in [0.2, 0.25) is 0 Å². The van der Waals surface area contributed by atoms with Crippen molar-refractivity contribution in [3.63, 3.8) is 0 Å². The van der Waals surface area contributed by atoms with Crippen LogP contribution in [0.15, 0.2) is 82.8 Å². The molecule has 1 amide bonds. The molecule has 0 unspecified atom stereocenters. The molecule has 3 aromatic carbocycles. The highest BCUT2D eigenvalue weighted by Gasteiger charge is 2.27. The number of fused-ring (bicyclic) bond motifs is 1. The summed E-state index contributed by atoms with van der Waals surface area (Å²) in [7, 11) is -3.69. The van der Waals surface area contributed by atoms with Gasteiger partial charge in [0.2, 0.25) is 15.2 Å². The zero-order valence-electron chi connectivity index (χ0n) is 19.0. The number of hydrazone groups is 1. The van der Waals surface area contributed by atoms with Gasteiger partial charge >= 0.3 is 0 Å². The van der Waals surface area contributed by atoms with E-state index in [1.807, 2.05) is 30.3 Å². The van der Waals surface area contributed by atoms with Gasteiger partial charge in [0.15, 0.2) is 0 Å². The molecule has 36 heavy (non-hydrogen) atoms. The number of rotatable bonds is 6. The topological polar surface area (TPSA) is 92.2 Å². The number of morpholine rings is 1. The lowest BCUT2D eigenvalue weighted by atomic mass is 10.2. The number of anilines is 1. The van der Waals surface area contributed by atoms with Gasteiger partial charge in [-0.1, -0.05) is 41.7 Å². The molecule has 0 radical (unpaired) electrons. The van der Waals surface area contributed by atoms with Gasteiger partial charge in [0.25, 0.3) is 5.91 Å². The van der Waals surface area contributed by atoms with E-state index < -0.39 is 21.7 Å². The van der Waals surface area contributed by atoms with Crippen molar-refractivity contribution in [3.8, 4) is 0 Å². The second-order valence-corrected chi connectivity index (χ2v) is 10.9. The lowest BCUT2D eigenvalue weighted by Crippen LogP contribution is -2.40. The van der Waals surface area contributed by atoms with Crippen LogP contribution in [-0.2, 0) is 14.8 Å². The van der Waals surface area contributed by atoms with E-state index >= 15 is 0 Å². The maximum Gasteiger partial charge on any atom is 0.280 e. The van der Waals surface area contributed by atoms with Gasteiger partial charge in [0.1, 0.15) is 5.82 Å². The number of nitrogens with zero attached hydrogens (tertiary/aromatic N) is 4. The number of benzene rings is 3. The molecule has 0 N–H and O–H groups in total. The Hall–Kier alpha value is -3.51. The molecule has 8 nitrogen and oxygen atoms in total. The van der Waals surface area contributed by atoms with E-state index in [0.717, 1.165) is 21.9 Å². The Morgan fingerprint density at radius 1 is 1.06 bits per heavy atom. The second kappa shape index (κ2) is 10.2. The summed E-state index contributed by atoms with van der Waals surface area (Å²) < 4.78 is 46.7. The van der Waals surface area contributed by atoms with Gasteiger partial charge in [-0.25, -0.2) is 17.8 Å². The number of halogens is 1. The lowest BCUT2D eigenvalue weighted by molar-refractivity contribution is 0.0730. The van der Waals surface area contributed by atoms with Crippen molar-refractivity contribution < 1.29 is 22.3 Å². The average Bonchev–Trinajstić information content (AvgIpc) is 3.32. The van der Waals surface area contributed by atoms with Gasteiger partial charge in [-0.15, -0.1) is 0 Å². The summed E-state index contributed by atoms with van der Waals surface area (Å²) >= 11 is 1.13. The van der Waals surface area contributed by atoms with E-state index in [9.17, 15) is 17.6 Å². The molecule has 1 aliphatic rings. The van der Waals surface area contributed by atoms with Crippen molar-refractivity contribution >= 4 is 48.8 Å². The maximum absolute atomic E-state index is 13.7. The van der Waals surface area contributed by atoms with Crippen LogP contribution in [0.5, 0.6) is 0 Å². The molecular weight excluding hydrogens is 503 g/mol. The van der Waals surface area contributed by atoms with E-state index in [1.54, 1.807) is 6.07 Å². The van der Waals surface area contributed by atoms with Crippen LogP contribution in [0.4, 0.5) is 9.52 Å². The van der Waals surface area contributed by atoms with Crippen molar-refractivity contribution in [2.24, 2.45) is 5.10 Å². The van der Waals surface area contributed by atoms with E-state index in [-0.39, 0.29) is 28.7 Å². The average molecular weight is 525 g/mol. The smallest absolute Gasteiger partial charge is 0.280 e. The van der Waals surface area contributed by atoms with Crippen LogP contribution in [0.1, 0.15) is 15.9 Å². The minimum atomic E-state index is -3.69. The van der Waals surface area contributed by atoms with Gasteiger partial charge in [-0.05, 0) is 48.0 Å². The number of thiazole rings is 1. The lowest BCUT2D eigenvalue weighted by Gasteiger charge is -2.26. The molecule has 0 saturated carbocycles. The molecule has 1 aromatic heterocycles. The Kier molecular flexibility index (Phi) is 6.88.